The Balaban J connectivity index is 1.40. The van der Waals surface area contributed by atoms with Crippen LogP contribution in [0.5, 0.6) is 0 Å². The van der Waals surface area contributed by atoms with Gasteiger partial charge < -0.3 is 14.6 Å². The molecule has 1 aliphatic heterocycles. The average molecular weight is 302 g/mol. The molecule has 0 radical (unpaired) electrons. The first-order valence-corrected chi connectivity index (χ1v) is 7.79. The van der Waals surface area contributed by atoms with Crippen LogP contribution in [0.1, 0.15) is 6.42 Å². The number of aryl methyl sites for hydroxylation is 1. The van der Waals surface area contributed by atoms with Gasteiger partial charge in [0.2, 0.25) is 5.91 Å². The van der Waals surface area contributed by atoms with Gasteiger partial charge in [-0.1, -0.05) is 12.1 Å². The van der Waals surface area contributed by atoms with E-state index in [1.54, 1.807) is 6.33 Å². The number of fused-ring (bicyclic) bond motifs is 1. The quantitative estimate of drug-likeness (QED) is 0.860. The largest absolute Gasteiger partial charge is 0.379 e. The summed E-state index contributed by atoms with van der Waals surface area (Å²) in [6.45, 7) is 5.74. The maximum Gasteiger partial charge on any atom is 0.221 e. The average Bonchev–Trinajstić information content (AvgIpc) is 2.97. The third-order valence-corrected chi connectivity index (χ3v) is 3.96. The molecule has 1 fully saturated rings. The van der Waals surface area contributed by atoms with Crippen molar-refractivity contribution in [3.05, 3.63) is 30.6 Å². The number of rotatable bonds is 6. The molecule has 0 aliphatic carbocycles. The zero-order valence-corrected chi connectivity index (χ0v) is 12.7. The Bertz CT molecular complexity index is 619. The number of morpholine rings is 1. The van der Waals surface area contributed by atoms with Gasteiger partial charge in [-0.3, -0.25) is 9.69 Å². The summed E-state index contributed by atoms with van der Waals surface area (Å²) in [6.07, 6.45) is 2.27. The number of benzene rings is 1. The highest BCUT2D eigenvalue weighted by Crippen LogP contribution is 2.11. The first-order chi connectivity index (χ1) is 10.8. The summed E-state index contributed by atoms with van der Waals surface area (Å²) < 4.78 is 7.33. The smallest absolute Gasteiger partial charge is 0.221 e. The van der Waals surface area contributed by atoms with E-state index in [0.29, 0.717) is 19.5 Å². The lowest BCUT2D eigenvalue weighted by molar-refractivity contribution is -0.121. The number of carbonyl (C=O) groups excluding carboxylic acids is 1. The Labute approximate surface area is 130 Å². The summed E-state index contributed by atoms with van der Waals surface area (Å²) in [4.78, 5) is 18.6. The molecule has 1 N–H and O–H groups in total. The zero-order chi connectivity index (χ0) is 15.2. The molecule has 2 heterocycles. The molecule has 0 bridgehead atoms. The Morgan fingerprint density at radius 1 is 1.23 bits per heavy atom. The molecular weight excluding hydrogens is 280 g/mol. The fourth-order valence-electron chi connectivity index (χ4n) is 2.68. The first kappa shape index (κ1) is 15.0. The van der Waals surface area contributed by atoms with Crippen molar-refractivity contribution in [2.45, 2.75) is 13.0 Å². The van der Waals surface area contributed by atoms with Crippen molar-refractivity contribution in [1.82, 2.24) is 19.8 Å². The Kier molecular flexibility index (Phi) is 5.03. The van der Waals surface area contributed by atoms with Gasteiger partial charge in [-0.05, 0) is 12.1 Å². The van der Waals surface area contributed by atoms with Crippen molar-refractivity contribution >= 4 is 16.9 Å². The number of carbonyl (C=O) groups is 1. The van der Waals surface area contributed by atoms with E-state index < -0.39 is 0 Å². The molecule has 0 atom stereocenters. The number of nitrogens with zero attached hydrogens (tertiary/aromatic N) is 3. The van der Waals surface area contributed by atoms with Crippen LogP contribution in [0.4, 0.5) is 0 Å². The molecule has 6 nitrogen and oxygen atoms in total. The van der Waals surface area contributed by atoms with E-state index in [9.17, 15) is 4.79 Å². The van der Waals surface area contributed by atoms with Gasteiger partial charge in [0.1, 0.15) is 0 Å². The highest BCUT2D eigenvalue weighted by Gasteiger charge is 2.10. The van der Waals surface area contributed by atoms with Crippen LogP contribution in [-0.4, -0.2) is 59.8 Å². The number of hydrogen-bond donors (Lipinski definition) is 1. The molecule has 118 valence electrons. The van der Waals surface area contributed by atoms with Crippen molar-refractivity contribution in [1.29, 1.82) is 0 Å². The molecule has 1 aliphatic rings. The topological polar surface area (TPSA) is 59.4 Å². The number of para-hydroxylation sites is 2. The predicted molar refractivity (Wildman–Crippen MR) is 84.6 cm³/mol. The second-order valence-electron chi connectivity index (χ2n) is 5.48. The van der Waals surface area contributed by atoms with Crippen LogP contribution in [0, 0.1) is 0 Å². The number of nitrogens with one attached hydrogen (secondary N) is 1. The summed E-state index contributed by atoms with van der Waals surface area (Å²) in [7, 11) is 0. The highest BCUT2D eigenvalue weighted by atomic mass is 16.5. The summed E-state index contributed by atoms with van der Waals surface area (Å²) in [6, 6.07) is 7.97. The summed E-state index contributed by atoms with van der Waals surface area (Å²) in [5.74, 6) is 0.0889. The second-order valence-corrected chi connectivity index (χ2v) is 5.48. The third kappa shape index (κ3) is 3.84. The molecule has 0 spiro atoms. The van der Waals surface area contributed by atoms with E-state index in [2.05, 4.69) is 15.2 Å². The number of ether oxygens (including phenoxy) is 1. The Morgan fingerprint density at radius 3 is 2.91 bits per heavy atom. The molecule has 3 rings (SSSR count). The van der Waals surface area contributed by atoms with Crippen LogP contribution in [-0.2, 0) is 16.1 Å². The van der Waals surface area contributed by atoms with Gasteiger partial charge in [-0.15, -0.1) is 0 Å². The van der Waals surface area contributed by atoms with E-state index in [0.717, 1.165) is 43.9 Å². The van der Waals surface area contributed by atoms with Crippen LogP contribution in [0.2, 0.25) is 0 Å². The van der Waals surface area contributed by atoms with Gasteiger partial charge in [-0.2, -0.15) is 0 Å². The molecule has 22 heavy (non-hydrogen) atoms. The zero-order valence-electron chi connectivity index (χ0n) is 12.7. The molecular formula is C16H22N4O2. The van der Waals surface area contributed by atoms with Crippen molar-refractivity contribution < 1.29 is 9.53 Å². The van der Waals surface area contributed by atoms with E-state index in [-0.39, 0.29) is 5.91 Å². The van der Waals surface area contributed by atoms with Gasteiger partial charge in [0.15, 0.2) is 0 Å². The molecule has 1 aromatic heterocycles. The monoisotopic (exact) mass is 302 g/mol. The molecule has 1 saturated heterocycles. The van der Waals surface area contributed by atoms with Crippen molar-refractivity contribution in [3.63, 3.8) is 0 Å². The van der Waals surface area contributed by atoms with E-state index in [1.165, 1.54) is 0 Å². The van der Waals surface area contributed by atoms with Gasteiger partial charge in [0.25, 0.3) is 0 Å². The van der Waals surface area contributed by atoms with Gasteiger partial charge in [-0.25, -0.2) is 4.98 Å². The minimum absolute atomic E-state index is 0.0889. The standard InChI is InChI=1S/C16H22N4O2/c21-16(17-6-8-19-9-11-22-12-10-19)5-7-20-13-18-14-3-1-2-4-15(14)20/h1-4,13H,5-12H2,(H,17,21). The molecule has 6 heteroatoms. The number of aromatic nitrogens is 2. The van der Waals surface area contributed by atoms with Gasteiger partial charge in [0, 0.05) is 39.1 Å². The third-order valence-electron chi connectivity index (χ3n) is 3.96. The predicted octanol–water partition coefficient (Wildman–Crippen LogP) is 0.875. The lowest BCUT2D eigenvalue weighted by Gasteiger charge is -2.26. The number of hydrogen-bond acceptors (Lipinski definition) is 4. The van der Waals surface area contributed by atoms with Crippen molar-refractivity contribution in [3.8, 4) is 0 Å². The molecule has 1 amide bonds. The first-order valence-electron chi connectivity index (χ1n) is 7.79. The summed E-state index contributed by atoms with van der Waals surface area (Å²) in [5, 5.41) is 2.99. The van der Waals surface area contributed by atoms with E-state index in [1.807, 2.05) is 28.8 Å². The maximum atomic E-state index is 11.9. The molecule has 0 saturated carbocycles. The fraction of sp³-hybridized carbons (Fsp3) is 0.500. The number of amides is 1. The van der Waals surface area contributed by atoms with Crippen LogP contribution < -0.4 is 5.32 Å². The minimum Gasteiger partial charge on any atom is -0.379 e. The van der Waals surface area contributed by atoms with Crippen molar-refractivity contribution in [2.75, 3.05) is 39.4 Å². The molecule has 2 aromatic rings. The lowest BCUT2D eigenvalue weighted by atomic mass is 10.3. The minimum atomic E-state index is 0.0889. The van der Waals surface area contributed by atoms with Crippen LogP contribution >= 0.6 is 0 Å². The normalized spacial score (nSPS) is 16.0. The van der Waals surface area contributed by atoms with Gasteiger partial charge >= 0.3 is 0 Å². The van der Waals surface area contributed by atoms with Crippen LogP contribution in [0.3, 0.4) is 0 Å². The van der Waals surface area contributed by atoms with Crippen molar-refractivity contribution in [2.24, 2.45) is 0 Å². The molecule has 1 aromatic carbocycles. The Hall–Kier alpha value is -1.92. The Morgan fingerprint density at radius 2 is 2.05 bits per heavy atom. The fourth-order valence-corrected chi connectivity index (χ4v) is 2.68. The summed E-state index contributed by atoms with van der Waals surface area (Å²) >= 11 is 0. The molecule has 0 unspecified atom stereocenters. The van der Waals surface area contributed by atoms with Crippen LogP contribution in [0.25, 0.3) is 11.0 Å². The highest BCUT2D eigenvalue weighted by molar-refractivity contribution is 5.77. The summed E-state index contributed by atoms with van der Waals surface area (Å²) in [5.41, 5.74) is 2.04. The van der Waals surface area contributed by atoms with Crippen LogP contribution in [0.15, 0.2) is 30.6 Å². The lowest BCUT2D eigenvalue weighted by Crippen LogP contribution is -2.41. The maximum absolute atomic E-state index is 11.9. The SMILES string of the molecule is O=C(CCn1cnc2ccccc21)NCCN1CCOCC1. The second kappa shape index (κ2) is 7.38. The van der Waals surface area contributed by atoms with E-state index >= 15 is 0 Å². The number of imidazole rings is 1. The van der Waals surface area contributed by atoms with Gasteiger partial charge in [0.05, 0.1) is 30.6 Å². The van der Waals surface area contributed by atoms with E-state index in [4.69, 9.17) is 4.74 Å².